The van der Waals surface area contributed by atoms with E-state index in [1.807, 2.05) is 0 Å². The van der Waals surface area contributed by atoms with Gasteiger partial charge in [0.1, 0.15) is 5.60 Å². The van der Waals surface area contributed by atoms with Crippen molar-refractivity contribution in [2.75, 3.05) is 0 Å². The SMILES string of the molecule is Cc1ccc(C(C)(O)c2cccc(F)c2F)c(F)c1F. The molecule has 0 aliphatic carbocycles. The zero-order chi connectivity index (χ0) is 15.1. The first-order valence-electron chi connectivity index (χ1n) is 5.88. The highest BCUT2D eigenvalue weighted by atomic mass is 19.2. The lowest BCUT2D eigenvalue weighted by Gasteiger charge is -2.26. The minimum absolute atomic E-state index is 0.0572. The minimum Gasteiger partial charge on any atom is -0.380 e. The first-order valence-corrected chi connectivity index (χ1v) is 5.88. The molecule has 0 fully saturated rings. The molecule has 0 bridgehead atoms. The summed E-state index contributed by atoms with van der Waals surface area (Å²) < 4.78 is 54.4. The number of hydrogen-bond donors (Lipinski definition) is 1. The van der Waals surface area contributed by atoms with Crippen molar-refractivity contribution in [2.45, 2.75) is 19.4 Å². The molecular formula is C15H12F4O. The summed E-state index contributed by atoms with van der Waals surface area (Å²) in [6.07, 6.45) is 0. The van der Waals surface area contributed by atoms with Crippen molar-refractivity contribution in [1.29, 1.82) is 0 Å². The molecule has 0 spiro atoms. The lowest BCUT2D eigenvalue weighted by atomic mass is 9.87. The molecule has 0 saturated carbocycles. The van der Waals surface area contributed by atoms with Gasteiger partial charge in [-0.3, -0.25) is 0 Å². The van der Waals surface area contributed by atoms with E-state index in [0.29, 0.717) is 0 Å². The fourth-order valence-corrected chi connectivity index (χ4v) is 2.05. The third kappa shape index (κ3) is 2.18. The van der Waals surface area contributed by atoms with Gasteiger partial charge in [-0.2, -0.15) is 0 Å². The Labute approximate surface area is 113 Å². The molecular weight excluding hydrogens is 272 g/mol. The maximum Gasteiger partial charge on any atom is 0.165 e. The Morgan fingerprint density at radius 3 is 2.10 bits per heavy atom. The van der Waals surface area contributed by atoms with Gasteiger partial charge < -0.3 is 5.11 Å². The Morgan fingerprint density at radius 2 is 1.45 bits per heavy atom. The van der Waals surface area contributed by atoms with Crippen molar-refractivity contribution < 1.29 is 22.7 Å². The Hall–Kier alpha value is -1.88. The van der Waals surface area contributed by atoms with Gasteiger partial charge in [-0.15, -0.1) is 0 Å². The highest BCUT2D eigenvalue weighted by Gasteiger charge is 2.34. The molecule has 1 N–H and O–H groups in total. The topological polar surface area (TPSA) is 20.2 Å². The van der Waals surface area contributed by atoms with Crippen LogP contribution in [0.1, 0.15) is 23.6 Å². The quantitative estimate of drug-likeness (QED) is 0.831. The van der Waals surface area contributed by atoms with E-state index < -0.39 is 40.0 Å². The van der Waals surface area contributed by atoms with Gasteiger partial charge >= 0.3 is 0 Å². The number of aryl methyl sites for hydroxylation is 1. The molecule has 0 aromatic heterocycles. The third-order valence-electron chi connectivity index (χ3n) is 3.28. The van der Waals surface area contributed by atoms with Crippen molar-refractivity contribution in [1.82, 2.24) is 0 Å². The van der Waals surface area contributed by atoms with Crippen molar-refractivity contribution >= 4 is 0 Å². The monoisotopic (exact) mass is 284 g/mol. The summed E-state index contributed by atoms with van der Waals surface area (Å²) in [6, 6.07) is 5.60. The van der Waals surface area contributed by atoms with Crippen LogP contribution in [-0.2, 0) is 5.60 Å². The number of aliphatic hydroxyl groups is 1. The molecule has 2 aromatic carbocycles. The molecule has 0 heterocycles. The molecule has 1 atom stereocenters. The Kier molecular flexibility index (Phi) is 3.56. The van der Waals surface area contributed by atoms with Crippen LogP contribution in [0.4, 0.5) is 17.6 Å². The average Bonchev–Trinajstić information content (AvgIpc) is 2.38. The van der Waals surface area contributed by atoms with E-state index in [2.05, 4.69) is 0 Å². The van der Waals surface area contributed by atoms with E-state index in [1.54, 1.807) is 0 Å². The summed E-state index contributed by atoms with van der Waals surface area (Å²) in [7, 11) is 0. The van der Waals surface area contributed by atoms with Crippen LogP contribution in [-0.4, -0.2) is 5.11 Å². The second-order valence-electron chi connectivity index (χ2n) is 4.73. The maximum atomic E-state index is 13.9. The summed E-state index contributed by atoms with van der Waals surface area (Å²) in [5.74, 6) is -4.87. The summed E-state index contributed by atoms with van der Waals surface area (Å²) in [5, 5.41) is 10.3. The highest BCUT2D eigenvalue weighted by Crippen LogP contribution is 2.34. The molecule has 20 heavy (non-hydrogen) atoms. The maximum absolute atomic E-state index is 13.9. The summed E-state index contributed by atoms with van der Waals surface area (Å²) in [6.45, 7) is 2.44. The zero-order valence-corrected chi connectivity index (χ0v) is 10.8. The molecule has 0 radical (unpaired) electrons. The molecule has 5 heteroatoms. The second kappa shape index (κ2) is 4.90. The number of halogens is 4. The summed E-state index contributed by atoms with van der Waals surface area (Å²) in [4.78, 5) is 0. The fourth-order valence-electron chi connectivity index (χ4n) is 2.05. The van der Waals surface area contributed by atoms with E-state index in [-0.39, 0.29) is 5.56 Å². The molecule has 0 amide bonds. The van der Waals surface area contributed by atoms with E-state index in [0.717, 1.165) is 25.1 Å². The summed E-state index contributed by atoms with van der Waals surface area (Å²) in [5.41, 5.74) is -3.04. The van der Waals surface area contributed by atoms with Gasteiger partial charge in [0.25, 0.3) is 0 Å². The predicted molar refractivity (Wildman–Crippen MR) is 66.1 cm³/mol. The van der Waals surface area contributed by atoms with E-state index >= 15 is 0 Å². The van der Waals surface area contributed by atoms with Crippen molar-refractivity contribution in [2.24, 2.45) is 0 Å². The fraction of sp³-hybridized carbons (Fsp3) is 0.200. The minimum atomic E-state index is -2.19. The lowest BCUT2D eigenvalue weighted by Crippen LogP contribution is -2.27. The van der Waals surface area contributed by atoms with Gasteiger partial charge in [-0.25, -0.2) is 17.6 Å². The standard InChI is InChI=1S/C15H12F4O/c1-8-6-7-10(14(19)12(8)17)15(2,20)9-4-3-5-11(16)13(9)18/h3-7,20H,1-2H3. The molecule has 2 aromatic rings. The smallest absolute Gasteiger partial charge is 0.165 e. The van der Waals surface area contributed by atoms with Gasteiger partial charge in [0, 0.05) is 11.1 Å². The largest absolute Gasteiger partial charge is 0.380 e. The average molecular weight is 284 g/mol. The molecule has 0 aliphatic rings. The number of benzene rings is 2. The van der Waals surface area contributed by atoms with Gasteiger partial charge in [-0.1, -0.05) is 24.3 Å². The normalized spacial score (nSPS) is 14.2. The third-order valence-corrected chi connectivity index (χ3v) is 3.28. The van der Waals surface area contributed by atoms with Crippen LogP contribution in [0.5, 0.6) is 0 Å². The molecule has 106 valence electrons. The van der Waals surface area contributed by atoms with Gasteiger partial charge in [0.2, 0.25) is 0 Å². The van der Waals surface area contributed by atoms with Gasteiger partial charge in [0.05, 0.1) is 0 Å². The van der Waals surface area contributed by atoms with Crippen LogP contribution >= 0.6 is 0 Å². The van der Waals surface area contributed by atoms with E-state index in [4.69, 9.17) is 0 Å². The molecule has 0 aliphatic heterocycles. The molecule has 2 rings (SSSR count). The summed E-state index contributed by atoms with van der Waals surface area (Å²) >= 11 is 0. The molecule has 1 nitrogen and oxygen atoms in total. The van der Waals surface area contributed by atoms with Gasteiger partial charge in [0.15, 0.2) is 23.3 Å². The van der Waals surface area contributed by atoms with Crippen LogP contribution in [0, 0.1) is 30.2 Å². The number of rotatable bonds is 2. The van der Waals surface area contributed by atoms with Crippen molar-refractivity contribution in [3.63, 3.8) is 0 Å². The highest BCUT2D eigenvalue weighted by molar-refractivity contribution is 5.39. The van der Waals surface area contributed by atoms with Crippen LogP contribution in [0.15, 0.2) is 30.3 Å². The first kappa shape index (κ1) is 14.5. The van der Waals surface area contributed by atoms with Crippen LogP contribution in [0.25, 0.3) is 0 Å². The van der Waals surface area contributed by atoms with Crippen molar-refractivity contribution in [3.8, 4) is 0 Å². The zero-order valence-electron chi connectivity index (χ0n) is 10.8. The van der Waals surface area contributed by atoms with Crippen LogP contribution in [0.2, 0.25) is 0 Å². The number of hydrogen-bond acceptors (Lipinski definition) is 1. The molecule has 1 unspecified atom stereocenters. The second-order valence-corrected chi connectivity index (χ2v) is 4.73. The van der Waals surface area contributed by atoms with Crippen molar-refractivity contribution in [3.05, 3.63) is 70.3 Å². The molecule has 0 saturated heterocycles. The first-order chi connectivity index (χ1) is 9.26. The predicted octanol–water partition coefficient (Wildman–Crippen LogP) is 3.81. The lowest BCUT2D eigenvalue weighted by molar-refractivity contribution is 0.0919. The Balaban J connectivity index is 2.67. The van der Waals surface area contributed by atoms with Crippen LogP contribution in [0.3, 0.4) is 0 Å². The Bertz CT molecular complexity index is 665. The van der Waals surface area contributed by atoms with E-state index in [1.165, 1.54) is 19.1 Å². The van der Waals surface area contributed by atoms with E-state index in [9.17, 15) is 22.7 Å². The van der Waals surface area contributed by atoms with Crippen LogP contribution < -0.4 is 0 Å². The van der Waals surface area contributed by atoms with Gasteiger partial charge in [-0.05, 0) is 25.5 Å². The Morgan fingerprint density at radius 1 is 0.850 bits per heavy atom.